The third-order valence-corrected chi connectivity index (χ3v) is 8.64. The van der Waals surface area contributed by atoms with Gasteiger partial charge in [0, 0.05) is 53.3 Å². The Morgan fingerprint density at radius 1 is 1.18 bits per heavy atom. The van der Waals surface area contributed by atoms with Gasteiger partial charge in [-0.2, -0.15) is 0 Å². The van der Waals surface area contributed by atoms with E-state index in [2.05, 4.69) is 49.2 Å². The van der Waals surface area contributed by atoms with Crippen molar-refractivity contribution in [2.75, 3.05) is 25.0 Å². The van der Waals surface area contributed by atoms with Crippen molar-refractivity contribution >= 4 is 5.69 Å². The van der Waals surface area contributed by atoms with Gasteiger partial charge in [-0.25, -0.2) is 8.78 Å². The van der Waals surface area contributed by atoms with Gasteiger partial charge < -0.3 is 15.8 Å². The normalized spacial score (nSPS) is 30.3. The predicted molar refractivity (Wildman–Crippen MR) is 127 cm³/mol. The third kappa shape index (κ3) is 3.25. The fourth-order valence-electron chi connectivity index (χ4n) is 6.98. The van der Waals surface area contributed by atoms with Crippen LogP contribution in [0.1, 0.15) is 57.2 Å². The lowest BCUT2D eigenvalue weighted by atomic mass is 9.58. The van der Waals surface area contributed by atoms with Gasteiger partial charge in [-0.05, 0) is 56.0 Å². The van der Waals surface area contributed by atoms with Crippen LogP contribution in [0, 0.1) is 17.0 Å². The molecule has 0 amide bonds. The van der Waals surface area contributed by atoms with Crippen molar-refractivity contribution < 1.29 is 13.5 Å². The molecule has 4 atom stereocenters. The molecular formula is C27H35F2N3O. The van der Waals surface area contributed by atoms with Gasteiger partial charge in [0.05, 0.1) is 12.7 Å². The van der Waals surface area contributed by atoms with Gasteiger partial charge in [0.2, 0.25) is 0 Å². The van der Waals surface area contributed by atoms with Gasteiger partial charge in [0.1, 0.15) is 11.6 Å². The second-order valence-electron chi connectivity index (χ2n) is 10.9. The molecular weight excluding hydrogens is 420 g/mol. The average molecular weight is 456 g/mol. The highest BCUT2D eigenvalue weighted by molar-refractivity contribution is 5.65. The first-order chi connectivity index (χ1) is 15.6. The van der Waals surface area contributed by atoms with Crippen LogP contribution in [0.25, 0.3) is 0 Å². The number of nitrogens with one attached hydrogen (secondary N) is 1. The van der Waals surface area contributed by atoms with Gasteiger partial charge in [0.25, 0.3) is 0 Å². The Balaban J connectivity index is 1.40. The number of ether oxygens (including phenoxy) is 1. The number of halogens is 2. The zero-order valence-electron chi connectivity index (χ0n) is 20.1. The Labute approximate surface area is 195 Å². The van der Waals surface area contributed by atoms with E-state index in [1.165, 1.54) is 35.0 Å². The van der Waals surface area contributed by atoms with Crippen LogP contribution >= 0.6 is 0 Å². The van der Waals surface area contributed by atoms with Crippen LogP contribution in [0.2, 0.25) is 0 Å². The zero-order chi connectivity index (χ0) is 23.6. The van der Waals surface area contributed by atoms with Gasteiger partial charge in [-0.15, -0.1) is 0 Å². The highest BCUT2D eigenvalue weighted by Gasteiger charge is 2.69. The summed E-state index contributed by atoms with van der Waals surface area (Å²) in [4.78, 5) is 2.52. The highest BCUT2D eigenvalue weighted by atomic mass is 19.1. The van der Waals surface area contributed by atoms with Crippen molar-refractivity contribution in [1.29, 1.82) is 0 Å². The molecule has 2 aliphatic carbocycles. The first-order valence-electron chi connectivity index (χ1n) is 12.1. The van der Waals surface area contributed by atoms with Crippen LogP contribution in [0.5, 0.6) is 0 Å². The van der Waals surface area contributed by atoms with E-state index in [0.717, 1.165) is 25.9 Å². The molecule has 0 unspecified atom stereocenters. The molecule has 1 heterocycles. The SMILES string of the molecule is CCNc1cccc2c1[C@@]13C[C@@H](N(C[C@H](C)OCc4c(F)cccc4F)C1)C(C)(C)[C@]2(N)C3. The van der Waals surface area contributed by atoms with Gasteiger partial charge >= 0.3 is 0 Å². The van der Waals surface area contributed by atoms with Crippen molar-refractivity contribution in [3.05, 3.63) is 64.7 Å². The summed E-state index contributed by atoms with van der Waals surface area (Å²) in [5.41, 5.74) is 10.7. The highest BCUT2D eigenvalue weighted by Crippen LogP contribution is 2.67. The molecule has 4 nitrogen and oxygen atoms in total. The summed E-state index contributed by atoms with van der Waals surface area (Å²) in [6, 6.07) is 10.8. The van der Waals surface area contributed by atoms with Crippen molar-refractivity contribution in [2.45, 2.75) is 70.2 Å². The number of fused-ring (bicyclic) bond motifs is 4. The van der Waals surface area contributed by atoms with Crippen LogP contribution < -0.4 is 11.1 Å². The summed E-state index contributed by atoms with van der Waals surface area (Å²) < 4.78 is 34.0. The molecule has 3 aliphatic rings. The first-order valence-corrected chi connectivity index (χ1v) is 12.1. The molecule has 1 saturated heterocycles. The van der Waals surface area contributed by atoms with E-state index >= 15 is 0 Å². The van der Waals surface area contributed by atoms with E-state index in [-0.39, 0.29) is 34.6 Å². The Morgan fingerprint density at radius 2 is 1.88 bits per heavy atom. The van der Waals surface area contributed by atoms with Crippen LogP contribution in [0.15, 0.2) is 36.4 Å². The van der Waals surface area contributed by atoms with E-state index in [4.69, 9.17) is 10.5 Å². The maximum absolute atomic E-state index is 14.0. The predicted octanol–water partition coefficient (Wildman–Crippen LogP) is 4.91. The molecule has 1 aliphatic heterocycles. The second kappa shape index (κ2) is 7.76. The molecule has 0 aromatic heterocycles. The second-order valence-corrected chi connectivity index (χ2v) is 10.9. The average Bonchev–Trinajstić information content (AvgIpc) is 3.20. The van der Waals surface area contributed by atoms with E-state index < -0.39 is 11.6 Å². The summed E-state index contributed by atoms with van der Waals surface area (Å²) in [5, 5.41) is 3.58. The Kier molecular flexibility index (Phi) is 5.35. The minimum absolute atomic E-state index is 0.00684. The molecule has 178 valence electrons. The lowest BCUT2D eigenvalue weighted by Crippen LogP contribution is -2.59. The molecule has 1 spiro atoms. The number of likely N-dealkylation sites (tertiary alicyclic amines) is 1. The zero-order valence-corrected chi connectivity index (χ0v) is 20.1. The smallest absolute Gasteiger partial charge is 0.131 e. The number of rotatable bonds is 7. The Bertz CT molecular complexity index is 1050. The summed E-state index contributed by atoms with van der Waals surface area (Å²) in [6.45, 7) is 11.2. The van der Waals surface area contributed by atoms with Gasteiger partial charge in [-0.3, -0.25) is 4.90 Å². The van der Waals surface area contributed by atoms with Crippen molar-refractivity contribution in [2.24, 2.45) is 11.1 Å². The topological polar surface area (TPSA) is 50.5 Å². The summed E-state index contributed by atoms with van der Waals surface area (Å²) in [7, 11) is 0. The molecule has 6 heteroatoms. The van der Waals surface area contributed by atoms with E-state index in [0.29, 0.717) is 12.6 Å². The fourth-order valence-corrected chi connectivity index (χ4v) is 6.98. The van der Waals surface area contributed by atoms with E-state index in [1.54, 1.807) is 0 Å². The van der Waals surface area contributed by atoms with Crippen molar-refractivity contribution in [3.8, 4) is 0 Å². The van der Waals surface area contributed by atoms with Crippen molar-refractivity contribution in [3.63, 3.8) is 0 Å². The Hall–Kier alpha value is -2.02. The number of hydrogen-bond acceptors (Lipinski definition) is 4. The van der Waals surface area contributed by atoms with Crippen LogP contribution in [0.4, 0.5) is 14.5 Å². The standard InChI is InChI=1S/C27H35F2N3O/c1-5-31-22-11-6-8-19-24(22)26-12-23(25(3,4)27(19,30)15-26)32(16-26)13-17(2)33-14-18-20(28)9-7-10-21(18)29/h6-11,17,23,31H,5,12-16,30H2,1-4H3/t17-,23+,26+,27-/m0/s1. The monoisotopic (exact) mass is 455 g/mol. The largest absolute Gasteiger partial charge is 0.385 e. The number of nitrogens with zero attached hydrogens (tertiary/aromatic N) is 1. The quantitative estimate of drug-likeness (QED) is 0.623. The van der Waals surface area contributed by atoms with Crippen LogP contribution in [-0.4, -0.2) is 36.7 Å². The number of hydrogen-bond donors (Lipinski definition) is 2. The van der Waals surface area contributed by atoms with Gasteiger partial charge in [-0.1, -0.05) is 32.0 Å². The number of anilines is 1. The molecule has 2 aromatic rings. The molecule has 2 aromatic carbocycles. The molecule has 3 N–H and O–H groups in total. The van der Waals surface area contributed by atoms with E-state index in [1.807, 2.05) is 6.92 Å². The molecule has 33 heavy (non-hydrogen) atoms. The summed E-state index contributed by atoms with van der Waals surface area (Å²) >= 11 is 0. The van der Waals surface area contributed by atoms with Crippen LogP contribution in [-0.2, 0) is 22.3 Å². The molecule has 1 saturated carbocycles. The lowest BCUT2D eigenvalue weighted by molar-refractivity contribution is -0.00999. The number of benzene rings is 2. The maximum atomic E-state index is 14.0. The molecule has 3 bridgehead atoms. The van der Waals surface area contributed by atoms with E-state index in [9.17, 15) is 8.78 Å². The van der Waals surface area contributed by atoms with Crippen molar-refractivity contribution in [1.82, 2.24) is 4.90 Å². The Morgan fingerprint density at radius 3 is 2.58 bits per heavy atom. The van der Waals surface area contributed by atoms with Crippen LogP contribution in [0.3, 0.4) is 0 Å². The summed E-state index contributed by atoms with van der Waals surface area (Å²) in [6.07, 6.45) is 1.86. The maximum Gasteiger partial charge on any atom is 0.131 e. The fraction of sp³-hybridized carbons (Fsp3) is 0.556. The minimum Gasteiger partial charge on any atom is -0.385 e. The number of nitrogens with two attached hydrogens (primary N) is 1. The molecule has 5 rings (SSSR count). The summed E-state index contributed by atoms with van der Waals surface area (Å²) in [5.74, 6) is -1.12. The first kappa shape index (κ1) is 22.8. The third-order valence-electron chi connectivity index (χ3n) is 8.64. The molecule has 2 fully saturated rings. The minimum atomic E-state index is -0.561. The molecule has 0 radical (unpaired) electrons. The van der Waals surface area contributed by atoms with Gasteiger partial charge in [0.15, 0.2) is 0 Å². The lowest BCUT2D eigenvalue weighted by Gasteiger charge is -2.51.